The summed E-state index contributed by atoms with van der Waals surface area (Å²) >= 11 is 4.35. The highest BCUT2D eigenvalue weighted by Crippen LogP contribution is 2.33. The van der Waals surface area contributed by atoms with Crippen LogP contribution in [0.25, 0.3) is 0 Å². The molecule has 0 aliphatic carbocycles. The summed E-state index contributed by atoms with van der Waals surface area (Å²) in [5.74, 6) is 0.239. The van der Waals surface area contributed by atoms with Crippen LogP contribution in [0.5, 0.6) is 5.75 Å². The molecule has 1 aromatic carbocycles. The quantitative estimate of drug-likeness (QED) is 0.825. The molecule has 0 spiro atoms. The lowest BCUT2D eigenvalue weighted by atomic mass is 10.2. The fourth-order valence-corrected chi connectivity index (χ4v) is 4.98. The minimum atomic E-state index is -3.66. The predicted molar refractivity (Wildman–Crippen MR) is 88.0 cm³/mol. The Bertz CT molecular complexity index is 847. The highest BCUT2D eigenvalue weighted by molar-refractivity contribution is 9.11. The number of ether oxygens (including phenoxy) is 1. The van der Waals surface area contributed by atoms with Crippen molar-refractivity contribution in [2.24, 2.45) is 0 Å². The van der Waals surface area contributed by atoms with E-state index in [1.165, 1.54) is 12.1 Å². The van der Waals surface area contributed by atoms with E-state index in [4.69, 9.17) is 4.74 Å². The fourth-order valence-electron chi connectivity index (χ4n) is 1.92. The van der Waals surface area contributed by atoms with Crippen LogP contribution in [-0.2, 0) is 14.8 Å². The van der Waals surface area contributed by atoms with Crippen LogP contribution in [0.15, 0.2) is 38.3 Å². The average molecular weight is 403 g/mol. The molecule has 1 aliphatic rings. The molecule has 22 heavy (non-hydrogen) atoms. The first-order valence-corrected chi connectivity index (χ1v) is 9.34. The van der Waals surface area contributed by atoms with E-state index in [9.17, 15) is 13.2 Å². The Morgan fingerprint density at radius 1 is 1.32 bits per heavy atom. The number of carbonyl (C=O) groups is 1. The average Bonchev–Trinajstić information content (AvgIpc) is 2.88. The van der Waals surface area contributed by atoms with E-state index < -0.39 is 16.1 Å². The fraction of sp³-hybridized carbons (Fsp3) is 0.154. The SMILES string of the molecule is C[C@@H]1Oc2ccc(NS(=O)(=O)c3ccc(Br)s3)cc2NC1=O. The number of carbonyl (C=O) groups excluding carboxylic acids is 1. The summed E-state index contributed by atoms with van der Waals surface area (Å²) in [6, 6.07) is 7.92. The molecule has 9 heteroatoms. The molecule has 2 N–H and O–H groups in total. The van der Waals surface area contributed by atoms with Crippen LogP contribution in [-0.4, -0.2) is 20.4 Å². The zero-order valence-electron chi connectivity index (χ0n) is 11.3. The van der Waals surface area contributed by atoms with Gasteiger partial charge < -0.3 is 10.1 Å². The van der Waals surface area contributed by atoms with Gasteiger partial charge in [-0.25, -0.2) is 8.42 Å². The number of anilines is 2. The van der Waals surface area contributed by atoms with Crippen molar-refractivity contribution in [3.63, 3.8) is 0 Å². The maximum Gasteiger partial charge on any atom is 0.271 e. The number of hydrogen-bond acceptors (Lipinski definition) is 5. The second-order valence-electron chi connectivity index (χ2n) is 4.62. The summed E-state index contributed by atoms with van der Waals surface area (Å²) < 4.78 is 33.4. The van der Waals surface area contributed by atoms with Crippen molar-refractivity contribution in [1.29, 1.82) is 0 Å². The Morgan fingerprint density at radius 2 is 2.09 bits per heavy atom. The molecule has 1 amide bonds. The molecule has 0 saturated carbocycles. The summed E-state index contributed by atoms with van der Waals surface area (Å²) in [5, 5.41) is 2.68. The highest BCUT2D eigenvalue weighted by Gasteiger charge is 2.24. The number of rotatable bonds is 3. The van der Waals surface area contributed by atoms with Gasteiger partial charge in [0.15, 0.2) is 6.10 Å². The van der Waals surface area contributed by atoms with Crippen LogP contribution < -0.4 is 14.8 Å². The van der Waals surface area contributed by atoms with Crippen molar-refractivity contribution in [3.05, 3.63) is 34.1 Å². The first kappa shape index (κ1) is 15.3. The van der Waals surface area contributed by atoms with Crippen molar-refractivity contribution >= 4 is 54.6 Å². The number of fused-ring (bicyclic) bond motifs is 1. The third kappa shape index (κ3) is 2.96. The minimum absolute atomic E-state index is 0.200. The van der Waals surface area contributed by atoms with E-state index in [1.807, 2.05) is 0 Å². The summed E-state index contributed by atoms with van der Waals surface area (Å²) in [5.41, 5.74) is 0.789. The van der Waals surface area contributed by atoms with Gasteiger partial charge in [-0.2, -0.15) is 0 Å². The number of hydrogen-bond donors (Lipinski definition) is 2. The lowest BCUT2D eigenvalue weighted by molar-refractivity contribution is -0.122. The van der Waals surface area contributed by atoms with Crippen LogP contribution >= 0.6 is 27.3 Å². The van der Waals surface area contributed by atoms with E-state index >= 15 is 0 Å². The Hall–Kier alpha value is -1.58. The van der Waals surface area contributed by atoms with Crippen molar-refractivity contribution in [2.75, 3.05) is 10.0 Å². The topological polar surface area (TPSA) is 84.5 Å². The predicted octanol–water partition coefficient (Wildman–Crippen LogP) is 3.03. The first-order chi connectivity index (χ1) is 10.3. The third-order valence-corrected chi connectivity index (χ3v) is 6.47. The van der Waals surface area contributed by atoms with Gasteiger partial charge in [0, 0.05) is 0 Å². The molecule has 6 nitrogen and oxygen atoms in total. The Labute approximate surface area is 139 Å². The maximum atomic E-state index is 12.3. The number of amides is 1. The molecule has 0 saturated heterocycles. The number of nitrogens with one attached hydrogen (secondary N) is 2. The smallest absolute Gasteiger partial charge is 0.271 e. The maximum absolute atomic E-state index is 12.3. The van der Waals surface area contributed by atoms with E-state index in [1.54, 1.807) is 25.1 Å². The van der Waals surface area contributed by atoms with E-state index in [0.717, 1.165) is 15.1 Å². The molecule has 1 aliphatic heterocycles. The molecule has 3 rings (SSSR count). The van der Waals surface area contributed by atoms with E-state index in [-0.39, 0.29) is 10.1 Å². The summed E-state index contributed by atoms with van der Waals surface area (Å²) in [6.45, 7) is 1.64. The second kappa shape index (κ2) is 5.56. The zero-order valence-corrected chi connectivity index (χ0v) is 14.5. The number of benzene rings is 1. The molecule has 116 valence electrons. The molecular weight excluding hydrogens is 392 g/mol. The van der Waals surface area contributed by atoms with Crippen LogP contribution in [0.1, 0.15) is 6.92 Å². The third-order valence-electron chi connectivity index (χ3n) is 2.98. The molecule has 1 aromatic heterocycles. The molecular formula is C13H11BrN2O4S2. The van der Waals surface area contributed by atoms with Crippen LogP contribution in [0.3, 0.4) is 0 Å². The Balaban J connectivity index is 1.88. The molecule has 0 radical (unpaired) electrons. The van der Waals surface area contributed by atoms with E-state index in [0.29, 0.717) is 17.1 Å². The standard InChI is InChI=1S/C13H11BrN2O4S2/c1-7-13(17)15-9-6-8(2-3-10(9)20-7)16-22(18,19)12-5-4-11(14)21-12/h2-7,16H,1H3,(H,15,17)/t7-/m0/s1. The van der Waals surface area contributed by atoms with Gasteiger partial charge in [-0.05, 0) is 53.2 Å². The van der Waals surface area contributed by atoms with Gasteiger partial charge in [-0.3, -0.25) is 9.52 Å². The summed E-state index contributed by atoms with van der Waals surface area (Å²) in [7, 11) is -3.66. The van der Waals surface area contributed by atoms with Gasteiger partial charge in [0.05, 0.1) is 15.2 Å². The van der Waals surface area contributed by atoms with Gasteiger partial charge in [0.1, 0.15) is 9.96 Å². The molecule has 0 bridgehead atoms. The Kier molecular flexibility index (Phi) is 3.87. The van der Waals surface area contributed by atoms with Gasteiger partial charge >= 0.3 is 0 Å². The normalized spacial score (nSPS) is 17.4. The second-order valence-corrected chi connectivity index (χ2v) is 9.00. The highest BCUT2D eigenvalue weighted by atomic mass is 79.9. The number of halogens is 1. The van der Waals surface area contributed by atoms with Crippen molar-refractivity contribution in [1.82, 2.24) is 0 Å². The largest absolute Gasteiger partial charge is 0.479 e. The van der Waals surface area contributed by atoms with Crippen LogP contribution in [0.4, 0.5) is 11.4 Å². The van der Waals surface area contributed by atoms with Gasteiger partial charge in [-0.15, -0.1) is 11.3 Å². The summed E-state index contributed by atoms with van der Waals surface area (Å²) in [6.07, 6.45) is -0.571. The van der Waals surface area contributed by atoms with Crippen LogP contribution in [0.2, 0.25) is 0 Å². The molecule has 1 atom stereocenters. The lowest BCUT2D eigenvalue weighted by Crippen LogP contribution is -2.34. The minimum Gasteiger partial charge on any atom is -0.479 e. The molecule has 2 heterocycles. The van der Waals surface area contributed by atoms with Gasteiger partial charge in [0.25, 0.3) is 15.9 Å². The van der Waals surface area contributed by atoms with Crippen molar-refractivity contribution in [2.45, 2.75) is 17.2 Å². The number of sulfonamides is 1. The first-order valence-electron chi connectivity index (χ1n) is 6.25. The molecule has 0 fully saturated rings. The number of thiophene rings is 1. The monoisotopic (exact) mass is 402 g/mol. The van der Waals surface area contributed by atoms with E-state index in [2.05, 4.69) is 26.0 Å². The molecule has 2 aromatic rings. The van der Waals surface area contributed by atoms with Gasteiger partial charge in [-0.1, -0.05) is 0 Å². The Morgan fingerprint density at radius 3 is 2.77 bits per heavy atom. The summed E-state index contributed by atoms with van der Waals surface area (Å²) in [4.78, 5) is 11.6. The lowest BCUT2D eigenvalue weighted by Gasteiger charge is -2.23. The van der Waals surface area contributed by atoms with Crippen LogP contribution in [0, 0.1) is 0 Å². The zero-order chi connectivity index (χ0) is 15.9. The van der Waals surface area contributed by atoms with Crippen molar-refractivity contribution < 1.29 is 17.9 Å². The molecule has 0 unspecified atom stereocenters. The van der Waals surface area contributed by atoms with Gasteiger partial charge in [0.2, 0.25) is 0 Å². The van der Waals surface area contributed by atoms with Crippen molar-refractivity contribution in [3.8, 4) is 5.75 Å².